The summed E-state index contributed by atoms with van der Waals surface area (Å²) in [6, 6.07) is 0. The number of nitrogens with one attached hydrogen (secondary N) is 1. The fraction of sp³-hybridized carbons (Fsp3) is 0.286. The molecule has 0 unspecified atom stereocenters. The van der Waals surface area contributed by atoms with Gasteiger partial charge in [0.2, 0.25) is 0 Å². The van der Waals surface area contributed by atoms with Crippen molar-refractivity contribution in [1.82, 2.24) is 19.1 Å². The van der Waals surface area contributed by atoms with Crippen LogP contribution in [0, 0.1) is 0 Å². The smallest absolute Gasteiger partial charge is 1.00 e. The third-order valence-electron chi connectivity index (χ3n) is 1.97. The molecule has 0 amide bonds. The average Bonchev–Trinajstić information content (AvgIpc) is 2.43. The molecule has 0 aromatic carbocycles. The summed E-state index contributed by atoms with van der Waals surface area (Å²) in [5, 5.41) is 0. The molecule has 0 saturated carbocycles. The Morgan fingerprint density at radius 3 is 2.71 bits per heavy atom. The minimum atomic E-state index is -0.448. The van der Waals surface area contributed by atoms with Crippen molar-refractivity contribution in [2.24, 2.45) is 14.1 Å². The Morgan fingerprint density at radius 1 is 1.43 bits per heavy atom. The molecule has 0 bridgehead atoms. The van der Waals surface area contributed by atoms with E-state index in [1.165, 1.54) is 13.4 Å². The van der Waals surface area contributed by atoms with Crippen LogP contribution in [0.25, 0.3) is 11.2 Å². The van der Waals surface area contributed by atoms with Gasteiger partial charge in [-0.15, -0.1) is 0 Å². The van der Waals surface area contributed by atoms with E-state index in [1.807, 2.05) is 0 Å². The number of H-pyrrole nitrogens is 1. The van der Waals surface area contributed by atoms with Gasteiger partial charge in [0.15, 0.2) is 11.2 Å². The summed E-state index contributed by atoms with van der Waals surface area (Å²) < 4.78 is 2.59. The molecular weight excluding hydrogens is 211 g/mol. The third kappa shape index (κ3) is 1.65. The van der Waals surface area contributed by atoms with E-state index >= 15 is 0 Å². The van der Waals surface area contributed by atoms with Crippen molar-refractivity contribution in [2.45, 2.75) is 0 Å². The molecule has 2 heterocycles. The van der Waals surface area contributed by atoms with Gasteiger partial charge < -0.3 is 5.99 Å². The van der Waals surface area contributed by atoms with Crippen molar-refractivity contribution in [1.29, 1.82) is 0 Å². The molecule has 0 aliphatic carbocycles. The Labute approximate surface area is 123 Å². The molecule has 7 heteroatoms. The monoisotopic (exact) mass is 220 g/mol. The first kappa shape index (κ1) is 11.9. The van der Waals surface area contributed by atoms with Gasteiger partial charge >= 0.3 is 57.1 Å². The third-order valence-corrected chi connectivity index (χ3v) is 1.97. The topological polar surface area (TPSA) is 72.7 Å². The maximum absolute atomic E-state index is 11.5. The zero-order chi connectivity index (χ0) is 9.59. The molecule has 14 heavy (non-hydrogen) atoms. The summed E-state index contributed by atoms with van der Waals surface area (Å²) in [6.45, 7) is 0. The molecule has 2 aromatic rings. The zero-order valence-corrected chi connectivity index (χ0v) is 11.4. The van der Waals surface area contributed by atoms with Gasteiger partial charge in [0.05, 0.1) is 6.33 Å². The van der Waals surface area contributed by atoms with Crippen molar-refractivity contribution in [3.05, 3.63) is 27.2 Å². The van der Waals surface area contributed by atoms with Gasteiger partial charge in [0, 0.05) is 14.1 Å². The Morgan fingerprint density at radius 2 is 2.07 bits per heavy atom. The van der Waals surface area contributed by atoms with Crippen molar-refractivity contribution >= 4 is 11.2 Å². The molecule has 0 atom stereocenters. The predicted octanol–water partition coefficient (Wildman–Crippen LogP) is -3.92. The average molecular weight is 220 g/mol. The Balaban J connectivity index is 0.000000980. The Bertz CT molecular complexity index is 585. The van der Waals surface area contributed by atoms with Crippen LogP contribution in [0.2, 0.25) is 0 Å². The molecule has 0 fully saturated rings. The molecule has 2 aromatic heterocycles. The fourth-order valence-corrected chi connectivity index (χ4v) is 1.21. The predicted molar refractivity (Wildman–Crippen MR) is 47.7 cm³/mol. The standard InChI is InChI=1S/C7H8N4O2.K.H/c1-10-3-8-5-4(10)6(12)11(2)7(13)9-5;;/h3H,1-2H3,(H,9,13);;/q;+1;-1. The van der Waals surface area contributed by atoms with E-state index in [1.54, 1.807) is 11.6 Å². The van der Waals surface area contributed by atoms with E-state index in [2.05, 4.69) is 9.97 Å². The van der Waals surface area contributed by atoms with E-state index in [9.17, 15) is 9.59 Å². The van der Waals surface area contributed by atoms with Crippen LogP contribution in [0.5, 0.6) is 0 Å². The van der Waals surface area contributed by atoms with Crippen molar-refractivity contribution in [3.63, 3.8) is 0 Å². The molecule has 0 radical (unpaired) electrons. The number of aryl methyl sites for hydroxylation is 1. The molecule has 70 valence electrons. The van der Waals surface area contributed by atoms with Gasteiger partial charge in [-0.2, -0.15) is 0 Å². The molecule has 6 nitrogen and oxygen atoms in total. The van der Waals surface area contributed by atoms with Crippen LogP contribution in [-0.2, 0) is 14.1 Å². The first-order valence-corrected chi connectivity index (χ1v) is 3.71. The number of fused-ring (bicyclic) bond motifs is 1. The van der Waals surface area contributed by atoms with Crippen LogP contribution >= 0.6 is 0 Å². The van der Waals surface area contributed by atoms with Crippen molar-refractivity contribution in [2.75, 3.05) is 0 Å². The first-order chi connectivity index (χ1) is 6.11. The van der Waals surface area contributed by atoms with Crippen LogP contribution in [0.4, 0.5) is 0 Å². The van der Waals surface area contributed by atoms with E-state index in [4.69, 9.17) is 0 Å². The number of hydrogen-bond acceptors (Lipinski definition) is 3. The molecule has 0 aliphatic heterocycles. The largest absolute Gasteiger partial charge is 1.00 e. The molecule has 0 saturated heterocycles. The summed E-state index contributed by atoms with van der Waals surface area (Å²) >= 11 is 0. The minimum absolute atomic E-state index is 0. The number of rotatable bonds is 0. The number of hydrogen-bond donors (Lipinski definition) is 1. The van der Waals surface area contributed by atoms with E-state index < -0.39 is 5.69 Å². The summed E-state index contributed by atoms with van der Waals surface area (Å²) in [6.07, 6.45) is 1.49. The quantitative estimate of drug-likeness (QED) is 0.461. The van der Waals surface area contributed by atoms with Gasteiger partial charge in [0.25, 0.3) is 5.56 Å². The second kappa shape index (κ2) is 4.11. The number of imidazole rings is 1. The zero-order valence-electron chi connectivity index (χ0n) is 9.24. The van der Waals surface area contributed by atoms with E-state index in [0.29, 0.717) is 11.2 Å². The normalized spacial score (nSPS) is 10.1. The van der Waals surface area contributed by atoms with Crippen LogP contribution in [-0.4, -0.2) is 19.1 Å². The maximum Gasteiger partial charge on any atom is 1.00 e. The molecular formula is C7H9KN4O2. The maximum atomic E-state index is 11.5. The van der Waals surface area contributed by atoms with Gasteiger partial charge in [-0.1, -0.05) is 0 Å². The summed E-state index contributed by atoms with van der Waals surface area (Å²) in [4.78, 5) is 29.0. The van der Waals surface area contributed by atoms with Crippen LogP contribution in [0.15, 0.2) is 15.9 Å². The van der Waals surface area contributed by atoms with Crippen LogP contribution in [0.3, 0.4) is 0 Å². The fourth-order valence-electron chi connectivity index (χ4n) is 1.21. The molecule has 2 rings (SSSR count). The van der Waals surface area contributed by atoms with Crippen LogP contribution in [0.1, 0.15) is 1.43 Å². The minimum Gasteiger partial charge on any atom is -1.00 e. The van der Waals surface area contributed by atoms with Gasteiger partial charge in [-0.25, -0.2) is 9.78 Å². The second-order valence-electron chi connectivity index (χ2n) is 2.85. The first-order valence-electron chi connectivity index (χ1n) is 3.71. The molecule has 0 aliphatic rings. The van der Waals surface area contributed by atoms with Gasteiger partial charge in [-0.05, 0) is 0 Å². The summed E-state index contributed by atoms with van der Waals surface area (Å²) in [7, 11) is 3.13. The second-order valence-corrected chi connectivity index (χ2v) is 2.85. The number of aromatic amines is 1. The van der Waals surface area contributed by atoms with Gasteiger partial charge in [-0.3, -0.25) is 14.3 Å². The molecule has 1 N–H and O–H groups in total. The SMILES string of the molecule is Cn1c(=O)[nH]c2ncn(C)c2c1=O.[H-].[K+]. The van der Waals surface area contributed by atoms with E-state index in [-0.39, 0.29) is 58.4 Å². The molecule has 0 spiro atoms. The van der Waals surface area contributed by atoms with Gasteiger partial charge in [0.1, 0.15) is 0 Å². The van der Waals surface area contributed by atoms with E-state index in [0.717, 1.165) is 4.57 Å². The summed E-state index contributed by atoms with van der Waals surface area (Å²) in [5.74, 6) is 0. The Hall–Kier alpha value is -0.214. The summed E-state index contributed by atoms with van der Waals surface area (Å²) in [5.41, 5.74) is -0.0485. The number of aromatic nitrogens is 4. The van der Waals surface area contributed by atoms with Crippen LogP contribution < -0.4 is 62.6 Å². The van der Waals surface area contributed by atoms with Crippen molar-refractivity contribution in [3.8, 4) is 0 Å². The van der Waals surface area contributed by atoms with Crippen molar-refractivity contribution < 1.29 is 52.8 Å². The Kier molecular flexibility index (Phi) is 3.48. The number of nitrogens with zero attached hydrogens (tertiary/aromatic N) is 3.